The molecule has 3 heterocycles. The maximum absolute atomic E-state index is 12.0. The molecule has 0 radical (unpaired) electrons. The summed E-state index contributed by atoms with van der Waals surface area (Å²) in [7, 11) is 0. The highest BCUT2D eigenvalue weighted by atomic mass is 16.2. The standard InChI is InChI=1S/C14H17N5O2/c15-10-7-11-14(17-8-10)19(13(21)9-16-11)6-2-5-18-4-1-3-12(18)20/h7-9H,1-6,15H2. The fraction of sp³-hybridized carbons (Fsp3) is 0.429. The number of anilines is 1. The van der Waals surface area contributed by atoms with Gasteiger partial charge in [0.05, 0.1) is 18.1 Å². The van der Waals surface area contributed by atoms with Gasteiger partial charge < -0.3 is 10.6 Å². The summed E-state index contributed by atoms with van der Waals surface area (Å²) in [6.07, 6.45) is 5.09. The zero-order chi connectivity index (χ0) is 14.8. The minimum atomic E-state index is -0.187. The van der Waals surface area contributed by atoms with Crippen molar-refractivity contribution in [2.75, 3.05) is 18.8 Å². The van der Waals surface area contributed by atoms with Gasteiger partial charge in [0, 0.05) is 26.1 Å². The number of aromatic nitrogens is 3. The number of carbonyl (C=O) groups excluding carboxylic acids is 1. The van der Waals surface area contributed by atoms with Gasteiger partial charge in [-0.15, -0.1) is 0 Å². The van der Waals surface area contributed by atoms with E-state index in [0.29, 0.717) is 36.4 Å². The first kappa shape index (κ1) is 13.5. The van der Waals surface area contributed by atoms with Gasteiger partial charge in [-0.25, -0.2) is 9.97 Å². The topological polar surface area (TPSA) is 94.1 Å². The van der Waals surface area contributed by atoms with Crippen LogP contribution in [0.25, 0.3) is 11.2 Å². The molecular weight excluding hydrogens is 270 g/mol. The Morgan fingerprint density at radius 2 is 2.05 bits per heavy atom. The number of nitrogens with two attached hydrogens (primary N) is 1. The lowest BCUT2D eigenvalue weighted by atomic mass is 10.3. The Kier molecular flexibility index (Phi) is 3.55. The highest BCUT2D eigenvalue weighted by molar-refractivity contribution is 5.78. The average Bonchev–Trinajstić information content (AvgIpc) is 2.87. The molecule has 3 rings (SSSR count). The second-order valence-electron chi connectivity index (χ2n) is 5.20. The summed E-state index contributed by atoms with van der Waals surface area (Å²) in [5, 5.41) is 0. The summed E-state index contributed by atoms with van der Waals surface area (Å²) < 4.78 is 1.59. The molecule has 0 aromatic carbocycles. The summed E-state index contributed by atoms with van der Waals surface area (Å²) >= 11 is 0. The first-order valence-corrected chi connectivity index (χ1v) is 7.04. The van der Waals surface area contributed by atoms with E-state index in [2.05, 4.69) is 9.97 Å². The molecule has 1 amide bonds. The third kappa shape index (κ3) is 2.72. The number of nitrogen functional groups attached to an aromatic ring is 1. The molecule has 2 aromatic heterocycles. The van der Waals surface area contributed by atoms with E-state index in [4.69, 9.17) is 5.73 Å². The van der Waals surface area contributed by atoms with Crippen molar-refractivity contribution < 1.29 is 4.79 Å². The summed E-state index contributed by atoms with van der Waals surface area (Å²) in [6.45, 7) is 2.00. The van der Waals surface area contributed by atoms with E-state index in [-0.39, 0.29) is 11.5 Å². The van der Waals surface area contributed by atoms with Crippen molar-refractivity contribution in [3.63, 3.8) is 0 Å². The van der Waals surface area contributed by atoms with Crippen LogP contribution in [-0.4, -0.2) is 38.4 Å². The average molecular weight is 287 g/mol. The van der Waals surface area contributed by atoms with E-state index in [1.165, 1.54) is 12.4 Å². The first-order chi connectivity index (χ1) is 10.1. The van der Waals surface area contributed by atoms with Gasteiger partial charge in [-0.1, -0.05) is 0 Å². The van der Waals surface area contributed by atoms with Gasteiger partial charge in [-0.2, -0.15) is 0 Å². The number of hydrogen-bond acceptors (Lipinski definition) is 5. The zero-order valence-corrected chi connectivity index (χ0v) is 11.7. The second-order valence-corrected chi connectivity index (χ2v) is 5.20. The van der Waals surface area contributed by atoms with Crippen LogP contribution in [0, 0.1) is 0 Å². The lowest BCUT2D eigenvalue weighted by Gasteiger charge is -2.16. The van der Waals surface area contributed by atoms with E-state index >= 15 is 0 Å². The lowest BCUT2D eigenvalue weighted by molar-refractivity contribution is -0.127. The van der Waals surface area contributed by atoms with Crippen molar-refractivity contribution in [2.45, 2.75) is 25.8 Å². The van der Waals surface area contributed by atoms with Gasteiger partial charge in [-0.3, -0.25) is 14.2 Å². The molecule has 0 spiro atoms. The quantitative estimate of drug-likeness (QED) is 0.877. The third-order valence-corrected chi connectivity index (χ3v) is 3.69. The van der Waals surface area contributed by atoms with Crippen molar-refractivity contribution in [1.29, 1.82) is 0 Å². The van der Waals surface area contributed by atoms with Gasteiger partial charge in [0.1, 0.15) is 5.52 Å². The number of rotatable bonds is 4. The minimum Gasteiger partial charge on any atom is -0.397 e. The normalized spacial score (nSPS) is 15.0. The Hall–Kier alpha value is -2.44. The summed E-state index contributed by atoms with van der Waals surface area (Å²) in [5.41, 5.74) is 7.14. The van der Waals surface area contributed by atoms with Gasteiger partial charge >= 0.3 is 0 Å². The van der Waals surface area contributed by atoms with Crippen molar-refractivity contribution in [2.24, 2.45) is 0 Å². The Balaban J connectivity index is 1.78. The molecule has 0 saturated carbocycles. The number of likely N-dealkylation sites (tertiary alicyclic amines) is 1. The largest absolute Gasteiger partial charge is 0.397 e. The van der Waals surface area contributed by atoms with Crippen molar-refractivity contribution in [3.8, 4) is 0 Å². The van der Waals surface area contributed by atoms with Crippen LogP contribution < -0.4 is 11.3 Å². The molecule has 1 fully saturated rings. The van der Waals surface area contributed by atoms with E-state index in [1.54, 1.807) is 10.6 Å². The molecule has 0 atom stereocenters. The van der Waals surface area contributed by atoms with Gasteiger partial charge in [0.25, 0.3) is 5.56 Å². The number of hydrogen-bond donors (Lipinski definition) is 1. The highest BCUT2D eigenvalue weighted by Gasteiger charge is 2.19. The molecule has 0 unspecified atom stereocenters. The Morgan fingerprint density at radius 1 is 1.19 bits per heavy atom. The predicted molar refractivity (Wildman–Crippen MR) is 78.6 cm³/mol. The Bertz CT molecular complexity index is 740. The summed E-state index contributed by atoms with van der Waals surface area (Å²) in [5.74, 6) is 0.202. The Labute approximate surface area is 121 Å². The molecule has 1 aliphatic rings. The van der Waals surface area contributed by atoms with Crippen LogP contribution in [0.5, 0.6) is 0 Å². The number of pyridine rings is 1. The third-order valence-electron chi connectivity index (χ3n) is 3.69. The summed E-state index contributed by atoms with van der Waals surface area (Å²) in [4.78, 5) is 33.6. The SMILES string of the molecule is Nc1cnc2c(c1)ncc(=O)n2CCCN1CCCC1=O. The van der Waals surface area contributed by atoms with Crippen molar-refractivity contribution in [3.05, 3.63) is 28.8 Å². The number of amides is 1. The van der Waals surface area contributed by atoms with E-state index < -0.39 is 0 Å². The van der Waals surface area contributed by atoms with Crippen molar-refractivity contribution in [1.82, 2.24) is 19.4 Å². The molecule has 110 valence electrons. The van der Waals surface area contributed by atoms with Crippen LogP contribution in [-0.2, 0) is 11.3 Å². The monoisotopic (exact) mass is 287 g/mol. The molecule has 7 nitrogen and oxygen atoms in total. The van der Waals surface area contributed by atoms with Crippen molar-refractivity contribution >= 4 is 22.8 Å². The molecule has 2 aromatic rings. The number of aryl methyl sites for hydroxylation is 1. The number of carbonyl (C=O) groups is 1. The maximum atomic E-state index is 12.0. The minimum absolute atomic E-state index is 0.187. The van der Waals surface area contributed by atoms with Gasteiger partial charge in [-0.05, 0) is 18.9 Å². The number of nitrogens with zero attached hydrogens (tertiary/aromatic N) is 4. The highest BCUT2D eigenvalue weighted by Crippen LogP contribution is 2.12. The molecule has 1 saturated heterocycles. The predicted octanol–water partition coefficient (Wildman–Crippen LogP) is 0.386. The molecule has 2 N–H and O–H groups in total. The Morgan fingerprint density at radius 3 is 2.81 bits per heavy atom. The van der Waals surface area contributed by atoms with Crippen LogP contribution in [0.4, 0.5) is 5.69 Å². The van der Waals surface area contributed by atoms with E-state index in [0.717, 1.165) is 19.4 Å². The first-order valence-electron chi connectivity index (χ1n) is 7.04. The zero-order valence-electron chi connectivity index (χ0n) is 11.7. The van der Waals surface area contributed by atoms with Crippen LogP contribution in [0.3, 0.4) is 0 Å². The fourth-order valence-corrected chi connectivity index (χ4v) is 2.64. The summed E-state index contributed by atoms with van der Waals surface area (Å²) in [6, 6.07) is 1.70. The fourth-order valence-electron chi connectivity index (χ4n) is 2.64. The second kappa shape index (κ2) is 5.51. The van der Waals surface area contributed by atoms with Crippen LogP contribution in [0.2, 0.25) is 0 Å². The maximum Gasteiger partial charge on any atom is 0.270 e. The number of fused-ring (bicyclic) bond motifs is 1. The molecule has 1 aliphatic heterocycles. The van der Waals surface area contributed by atoms with E-state index in [9.17, 15) is 9.59 Å². The van der Waals surface area contributed by atoms with Crippen LogP contribution in [0.1, 0.15) is 19.3 Å². The smallest absolute Gasteiger partial charge is 0.270 e. The molecule has 0 bridgehead atoms. The molecule has 7 heteroatoms. The lowest BCUT2D eigenvalue weighted by Crippen LogP contribution is -2.28. The van der Waals surface area contributed by atoms with Crippen LogP contribution in [0.15, 0.2) is 23.3 Å². The molecule has 21 heavy (non-hydrogen) atoms. The van der Waals surface area contributed by atoms with Gasteiger partial charge in [0.2, 0.25) is 5.91 Å². The van der Waals surface area contributed by atoms with Gasteiger partial charge in [0.15, 0.2) is 5.65 Å². The van der Waals surface area contributed by atoms with E-state index in [1.807, 2.05) is 4.90 Å². The molecule has 0 aliphatic carbocycles. The molecular formula is C14H17N5O2. The van der Waals surface area contributed by atoms with Crippen LogP contribution >= 0.6 is 0 Å².